The quantitative estimate of drug-likeness (QED) is 0.544. The van der Waals surface area contributed by atoms with Gasteiger partial charge in [-0.1, -0.05) is 31.5 Å². The van der Waals surface area contributed by atoms with Crippen LogP contribution in [0.15, 0.2) is 73.1 Å². The van der Waals surface area contributed by atoms with Gasteiger partial charge in [0, 0.05) is 11.8 Å². The minimum atomic E-state index is -0.328. The van der Waals surface area contributed by atoms with Crippen LogP contribution >= 0.6 is 0 Å². The molecule has 0 unspecified atom stereocenters. The van der Waals surface area contributed by atoms with Gasteiger partial charge < -0.3 is 15.4 Å². The zero-order valence-corrected chi connectivity index (χ0v) is 16.2. The van der Waals surface area contributed by atoms with Gasteiger partial charge in [-0.2, -0.15) is 0 Å². The first-order chi connectivity index (χ1) is 14.2. The van der Waals surface area contributed by atoms with Crippen molar-refractivity contribution in [2.24, 2.45) is 0 Å². The normalized spacial score (nSPS) is 10.2. The number of pyridine rings is 1. The molecule has 1 aromatic heterocycles. The van der Waals surface area contributed by atoms with Crippen LogP contribution < -0.4 is 15.4 Å². The minimum absolute atomic E-state index is 0.312. The van der Waals surface area contributed by atoms with E-state index in [0.717, 1.165) is 12.8 Å². The van der Waals surface area contributed by atoms with Gasteiger partial charge in [0.05, 0.1) is 29.7 Å². The number of unbranched alkanes of at least 4 members (excludes halogenated alkanes) is 1. The average molecular weight is 389 g/mol. The predicted octanol–water partition coefficient (Wildman–Crippen LogP) is 4.77. The summed E-state index contributed by atoms with van der Waals surface area (Å²) in [6, 6.07) is 17.3. The van der Waals surface area contributed by atoms with Crippen molar-refractivity contribution < 1.29 is 14.3 Å². The highest BCUT2D eigenvalue weighted by Gasteiger charge is 2.15. The van der Waals surface area contributed by atoms with Gasteiger partial charge in [0.15, 0.2) is 0 Å². The molecule has 3 rings (SSSR count). The van der Waals surface area contributed by atoms with E-state index in [1.807, 2.05) is 6.07 Å². The highest BCUT2D eigenvalue weighted by molar-refractivity contribution is 6.12. The van der Waals surface area contributed by atoms with E-state index in [9.17, 15) is 9.59 Å². The van der Waals surface area contributed by atoms with Gasteiger partial charge in [-0.05, 0) is 48.9 Å². The second-order valence-corrected chi connectivity index (χ2v) is 6.43. The lowest BCUT2D eigenvalue weighted by Crippen LogP contribution is -2.18. The fourth-order valence-electron chi connectivity index (χ4n) is 2.68. The molecule has 1 heterocycles. The molecule has 29 heavy (non-hydrogen) atoms. The number of ether oxygens (including phenoxy) is 1. The van der Waals surface area contributed by atoms with E-state index in [1.54, 1.807) is 67.0 Å². The van der Waals surface area contributed by atoms with Gasteiger partial charge in [-0.15, -0.1) is 0 Å². The fraction of sp³-hybridized carbons (Fsp3) is 0.174. The van der Waals surface area contributed by atoms with Crippen LogP contribution in [0, 0.1) is 0 Å². The third-order valence-electron chi connectivity index (χ3n) is 4.20. The summed E-state index contributed by atoms with van der Waals surface area (Å²) in [5.74, 6) is 0.00632. The number of para-hydroxylation sites is 1. The molecule has 0 aliphatic heterocycles. The predicted molar refractivity (Wildman–Crippen MR) is 113 cm³/mol. The number of nitrogens with zero attached hydrogens (tertiary/aromatic N) is 1. The van der Waals surface area contributed by atoms with E-state index >= 15 is 0 Å². The molecule has 0 atom stereocenters. The maximum Gasteiger partial charge on any atom is 0.257 e. The van der Waals surface area contributed by atoms with Gasteiger partial charge in [0.25, 0.3) is 11.8 Å². The van der Waals surface area contributed by atoms with Crippen LogP contribution in [0.1, 0.15) is 40.5 Å². The van der Waals surface area contributed by atoms with Crippen molar-refractivity contribution in [2.45, 2.75) is 19.8 Å². The Morgan fingerprint density at radius 2 is 1.83 bits per heavy atom. The molecule has 0 aliphatic rings. The zero-order valence-electron chi connectivity index (χ0n) is 16.2. The number of rotatable bonds is 8. The molecule has 2 amide bonds. The Hall–Kier alpha value is -3.67. The second kappa shape index (κ2) is 10.0. The number of hydrogen-bond donors (Lipinski definition) is 2. The lowest BCUT2D eigenvalue weighted by Gasteiger charge is -2.12. The fourth-order valence-corrected chi connectivity index (χ4v) is 2.68. The SMILES string of the molecule is CCCCOc1cccc(C(=O)Nc2ccccc2C(=O)Nc2cccnc2)c1. The first-order valence-electron chi connectivity index (χ1n) is 9.52. The van der Waals surface area contributed by atoms with Crippen LogP contribution in [0.4, 0.5) is 11.4 Å². The Kier molecular flexibility index (Phi) is 6.95. The van der Waals surface area contributed by atoms with Gasteiger partial charge in [-0.25, -0.2) is 0 Å². The maximum atomic E-state index is 12.7. The summed E-state index contributed by atoms with van der Waals surface area (Å²) >= 11 is 0. The van der Waals surface area contributed by atoms with Gasteiger partial charge in [0.1, 0.15) is 5.75 Å². The van der Waals surface area contributed by atoms with Crippen molar-refractivity contribution >= 4 is 23.2 Å². The van der Waals surface area contributed by atoms with Crippen molar-refractivity contribution in [1.29, 1.82) is 0 Å². The molecule has 0 spiro atoms. The summed E-state index contributed by atoms with van der Waals surface area (Å²) in [6.07, 6.45) is 5.18. The molecule has 148 valence electrons. The lowest BCUT2D eigenvalue weighted by molar-refractivity contribution is 0.102. The highest BCUT2D eigenvalue weighted by atomic mass is 16.5. The third-order valence-corrected chi connectivity index (χ3v) is 4.20. The molecular formula is C23H23N3O3. The Morgan fingerprint density at radius 3 is 2.62 bits per heavy atom. The monoisotopic (exact) mass is 389 g/mol. The zero-order chi connectivity index (χ0) is 20.5. The number of nitrogens with one attached hydrogen (secondary N) is 2. The number of benzene rings is 2. The smallest absolute Gasteiger partial charge is 0.257 e. The van der Waals surface area contributed by atoms with E-state index < -0.39 is 0 Å². The topological polar surface area (TPSA) is 80.3 Å². The third kappa shape index (κ3) is 5.65. The molecule has 0 aliphatic carbocycles. The van der Waals surface area contributed by atoms with Crippen molar-refractivity contribution in [3.05, 3.63) is 84.2 Å². The number of carbonyl (C=O) groups excluding carboxylic acids is 2. The molecule has 0 radical (unpaired) electrons. The van der Waals surface area contributed by atoms with E-state index in [-0.39, 0.29) is 11.8 Å². The van der Waals surface area contributed by atoms with Crippen molar-refractivity contribution in [2.75, 3.05) is 17.2 Å². The number of carbonyl (C=O) groups is 2. The molecule has 3 aromatic rings. The highest BCUT2D eigenvalue weighted by Crippen LogP contribution is 2.20. The van der Waals surface area contributed by atoms with Gasteiger partial charge >= 0.3 is 0 Å². The molecule has 0 bridgehead atoms. The van der Waals surface area contributed by atoms with E-state index in [2.05, 4.69) is 22.5 Å². The Balaban J connectivity index is 1.73. The van der Waals surface area contributed by atoms with E-state index in [1.165, 1.54) is 0 Å². The molecule has 0 fully saturated rings. The van der Waals surface area contributed by atoms with Crippen LogP contribution in [0.2, 0.25) is 0 Å². The maximum absolute atomic E-state index is 12.7. The van der Waals surface area contributed by atoms with Crippen LogP contribution in [0.25, 0.3) is 0 Å². The molecule has 0 saturated heterocycles. The van der Waals surface area contributed by atoms with Gasteiger partial charge in [0.2, 0.25) is 0 Å². The summed E-state index contributed by atoms with van der Waals surface area (Å²) in [7, 11) is 0. The first-order valence-corrected chi connectivity index (χ1v) is 9.52. The molecule has 2 N–H and O–H groups in total. The summed E-state index contributed by atoms with van der Waals surface area (Å²) in [5.41, 5.74) is 1.83. The molecule has 6 heteroatoms. The average Bonchev–Trinajstić information content (AvgIpc) is 2.75. The van der Waals surface area contributed by atoms with Crippen molar-refractivity contribution in [3.63, 3.8) is 0 Å². The Bertz CT molecular complexity index is 974. The lowest BCUT2D eigenvalue weighted by atomic mass is 10.1. The number of aromatic nitrogens is 1. The summed E-state index contributed by atoms with van der Waals surface area (Å²) < 4.78 is 5.67. The first kappa shape index (κ1) is 20.1. The number of hydrogen-bond acceptors (Lipinski definition) is 4. The van der Waals surface area contributed by atoms with Gasteiger partial charge in [-0.3, -0.25) is 14.6 Å². The molecule has 2 aromatic carbocycles. The van der Waals surface area contributed by atoms with E-state index in [0.29, 0.717) is 34.9 Å². The minimum Gasteiger partial charge on any atom is -0.494 e. The second-order valence-electron chi connectivity index (χ2n) is 6.43. The summed E-state index contributed by atoms with van der Waals surface area (Å²) in [4.78, 5) is 29.3. The Labute approximate surface area is 169 Å². The molecule has 6 nitrogen and oxygen atoms in total. The van der Waals surface area contributed by atoms with E-state index in [4.69, 9.17) is 4.74 Å². The van der Waals surface area contributed by atoms with Crippen LogP contribution in [0.5, 0.6) is 5.75 Å². The number of anilines is 2. The Morgan fingerprint density at radius 1 is 0.966 bits per heavy atom. The van der Waals surface area contributed by atoms with Crippen LogP contribution in [0.3, 0.4) is 0 Å². The van der Waals surface area contributed by atoms with Crippen LogP contribution in [-0.4, -0.2) is 23.4 Å². The largest absolute Gasteiger partial charge is 0.494 e. The number of amides is 2. The molecule has 0 saturated carbocycles. The summed E-state index contributed by atoms with van der Waals surface area (Å²) in [5, 5.41) is 5.59. The van der Waals surface area contributed by atoms with Crippen molar-refractivity contribution in [1.82, 2.24) is 4.98 Å². The standard InChI is InChI=1S/C23H23N3O3/c1-2-3-14-29-19-10-6-8-17(15-19)22(27)26-21-12-5-4-11-20(21)23(28)25-18-9-7-13-24-16-18/h4-13,15-16H,2-3,14H2,1H3,(H,25,28)(H,26,27). The van der Waals surface area contributed by atoms with Crippen LogP contribution in [-0.2, 0) is 0 Å². The molecular weight excluding hydrogens is 366 g/mol. The van der Waals surface area contributed by atoms with Crippen molar-refractivity contribution in [3.8, 4) is 5.75 Å². The summed E-state index contributed by atoms with van der Waals surface area (Å²) in [6.45, 7) is 2.70.